The SMILES string of the molecule is CCC(C)C(=O)OCOC1CCCC1. The Morgan fingerprint density at radius 2 is 2.07 bits per heavy atom. The minimum absolute atomic E-state index is 0.0119. The Hall–Kier alpha value is -0.570. The van der Waals surface area contributed by atoms with E-state index in [2.05, 4.69) is 0 Å². The molecule has 0 heterocycles. The Kier molecular flexibility index (Phi) is 4.94. The van der Waals surface area contributed by atoms with Gasteiger partial charge in [-0.1, -0.05) is 26.7 Å². The fourth-order valence-corrected chi connectivity index (χ4v) is 1.55. The Balaban J connectivity index is 2.05. The van der Waals surface area contributed by atoms with Crippen LogP contribution in [0.2, 0.25) is 0 Å². The van der Waals surface area contributed by atoms with Gasteiger partial charge in [0.05, 0.1) is 12.0 Å². The van der Waals surface area contributed by atoms with Crippen LogP contribution in [0.3, 0.4) is 0 Å². The smallest absolute Gasteiger partial charge is 0.310 e. The van der Waals surface area contributed by atoms with Crippen molar-refractivity contribution in [2.45, 2.75) is 52.1 Å². The lowest BCUT2D eigenvalue weighted by atomic mass is 10.1. The molecule has 0 bridgehead atoms. The van der Waals surface area contributed by atoms with Crippen LogP contribution in [0, 0.1) is 5.92 Å². The minimum Gasteiger partial charge on any atom is -0.438 e. The summed E-state index contributed by atoms with van der Waals surface area (Å²) in [5.41, 5.74) is 0. The van der Waals surface area contributed by atoms with Crippen LogP contribution < -0.4 is 0 Å². The van der Waals surface area contributed by atoms with Crippen molar-refractivity contribution in [2.24, 2.45) is 5.92 Å². The maximum absolute atomic E-state index is 11.2. The molecule has 0 radical (unpaired) electrons. The lowest BCUT2D eigenvalue weighted by molar-refractivity contribution is -0.164. The molecule has 0 saturated heterocycles. The fourth-order valence-electron chi connectivity index (χ4n) is 1.55. The van der Waals surface area contributed by atoms with Crippen molar-refractivity contribution < 1.29 is 14.3 Å². The average Bonchev–Trinajstić information content (AvgIpc) is 2.69. The Morgan fingerprint density at radius 1 is 1.43 bits per heavy atom. The molecule has 0 amide bonds. The summed E-state index contributed by atoms with van der Waals surface area (Å²) >= 11 is 0. The van der Waals surface area contributed by atoms with Gasteiger partial charge in [-0.25, -0.2) is 0 Å². The Labute approximate surface area is 85.8 Å². The molecule has 3 nitrogen and oxygen atoms in total. The molecule has 0 N–H and O–H groups in total. The first-order valence-electron chi connectivity index (χ1n) is 5.52. The zero-order valence-corrected chi connectivity index (χ0v) is 9.12. The van der Waals surface area contributed by atoms with Crippen LogP contribution >= 0.6 is 0 Å². The monoisotopic (exact) mass is 200 g/mol. The first kappa shape index (κ1) is 11.5. The molecule has 0 aromatic carbocycles. The van der Waals surface area contributed by atoms with E-state index in [1.165, 1.54) is 12.8 Å². The summed E-state index contributed by atoms with van der Waals surface area (Å²) in [5.74, 6) is -0.160. The standard InChI is InChI=1S/C11H20O3/c1-3-9(2)11(12)14-8-13-10-6-4-5-7-10/h9-10H,3-8H2,1-2H3. The van der Waals surface area contributed by atoms with Gasteiger partial charge < -0.3 is 9.47 Å². The van der Waals surface area contributed by atoms with Gasteiger partial charge in [0.2, 0.25) is 0 Å². The molecular weight excluding hydrogens is 180 g/mol. The largest absolute Gasteiger partial charge is 0.438 e. The van der Waals surface area contributed by atoms with Crippen LogP contribution in [0.1, 0.15) is 46.0 Å². The molecule has 14 heavy (non-hydrogen) atoms. The summed E-state index contributed by atoms with van der Waals surface area (Å²) in [6, 6.07) is 0. The Morgan fingerprint density at radius 3 is 2.64 bits per heavy atom. The van der Waals surface area contributed by atoms with E-state index in [4.69, 9.17) is 9.47 Å². The number of hydrogen-bond acceptors (Lipinski definition) is 3. The van der Waals surface area contributed by atoms with Gasteiger partial charge in [-0.15, -0.1) is 0 Å². The third-order valence-electron chi connectivity index (χ3n) is 2.82. The van der Waals surface area contributed by atoms with E-state index < -0.39 is 0 Å². The highest BCUT2D eigenvalue weighted by Gasteiger charge is 2.17. The van der Waals surface area contributed by atoms with E-state index in [1.807, 2.05) is 13.8 Å². The highest BCUT2D eigenvalue weighted by Crippen LogP contribution is 2.20. The lowest BCUT2D eigenvalue weighted by Gasteiger charge is -2.13. The molecule has 0 aromatic heterocycles. The quantitative estimate of drug-likeness (QED) is 0.505. The summed E-state index contributed by atoms with van der Waals surface area (Å²) in [6.07, 6.45) is 5.84. The number of hydrogen-bond donors (Lipinski definition) is 0. The van der Waals surface area contributed by atoms with Gasteiger partial charge in [-0.05, 0) is 19.3 Å². The van der Waals surface area contributed by atoms with Crippen molar-refractivity contribution in [1.82, 2.24) is 0 Å². The average molecular weight is 200 g/mol. The normalized spacial score (nSPS) is 19.6. The van der Waals surface area contributed by atoms with Gasteiger partial charge in [-0.2, -0.15) is 0 Å². The molecule has 1 aliphatic carbocycles. The summed E-state index contributed by atoms with van der Waals surface area (Å²) in [6.45, 7) is 3.98. The zero-order valence-electron chi connectivity index (χ0n) is 9.12. The van der Waals surface area contributed by atoms with E-state index in [-0.39, 0.29) is 18.7 Å². The van der Waals surface area contributed by atoms with Crippen molar-refractivity contribution in [3.05, 3.63) is 0 Å². The van der Waals surface area contributed by atoms with Crippen LogP contribution in [0.15, 0.2) is 0 Å². The second-order valence-electron chi connectivity index (χ2n) is 3.96. The van der Waals surface area contributed by atoms with E-state index in [0.29, 0.717) is 6.10 Å². The van der Waals surface area contributed by atoms with Gasteiger partial charge in [0.1, 0.15) is 0 Å². The minimum atomic E-state index is -0.148. The predicted molar refractivity (Wildman–Crippen MR) is 53.8 cm³/mol. The van der Waals surface area contributed by atoms with Gasteiger partial charge >= 0.3 is 5.97 Å². The number of carbonyl (C=O) groups is 1. The van der Waals surface area contributed by atoms with Crippen molar-refractivity contribution in [1.29, 1.82) is 0 Å². The van der Waals surface area contributed by atoms with Crippen LogP contribution in [0.25, 0.3) is 0 Å². The predicted octanol–water partition coefficient (Wildman–Crippen LogP) is 2.49. The van der Waals surface area contributed by atoms with Gasteiger partial charge in [0.25, 0.3) is 0 Å². The third-order valence-corrected chi connectivity index (χ3v) is 2.82. The molecule has 0 aliphatic heterocycles. The molecule has 1 rings (SSSR count). The molecule has 1 unspecified atom stereocenters. The lowest BCUT2D eigenvalue weighted by Crippen LogP contribution is -2.18. The summed E-state index contributed by atoms with van der Waals surface area (Å²) in [4.78, 5) is 11.2. The molecule has 0 spiro atoms. The van der Waals surface area contributed by atoms with Gasteiger partial charge in [-0.3, -0.25) is 4.79 Å². The number of rotatable bonds is 5. The maximum atomic E-state index is 11.2. The molecule has 1 saturated carbocycles. The molecule has 1 aliphatic rings. The highest BCUT2D eigenvalue weighted by molar-refractivity contribution is 5.71. The number of esters is 1. The van der Waals surface area contributed by atoms with Gasteiger partial charge in [0, 0.05) is 0 Å². The van der Waals surface area contributed by atoms with E-state index >= 15 is 0 Å². The molecular formula is C11H20O3. The topological polar surface area (TPSA) is 35.5 Å². The van der Waals surface area contributed by atoms with Gasteiger partial charge in [0.15, 0.2) is 6.79 Å². The fraction of sp³-hybridized carbons (Fsp3) is 0.909. The second kappa shape index (κ2) is 6.02. The first-order chi connectivity index (χ1) is 6.74. The molecule has 1 atom stereocenters. The number of carbonyl (C=O) groups excluding carboxylic acids is 1. The van der Waals surface area contributed by atoms with Crippen molar-refractivity contribution in [2.75, 3.05) is 6.79 Å². The summed E-state index contributed by atoms with van der Waals surface area (Å²) in [7, 11) is 0. The van der Waals surface area contributed by atoms with Crippen molar-refractivity contribution >= 4 is 5.97 Å². The van der Waals surface area contributed by atoms with E-state index in [9.17, 15) is 4.79 Å². The molecule has 0 aromatic rings. The number of ether oxygens (including phenoxy) is 2. The van der Waals surface area contributed by atoms with Crippen LogP contribution in [-0.4, -0.2) is 18.9 Å². The second-order valence-corrected chi connectivity index (χ2v) is 3.96. The van der Waals surface area contributed by atoms with Crippen LogP contribution in [-0.2, 0) is 14.3 Å². The van der Waals surface area contributed by atoms with Crippen LogP contribution in [0.4, 0.5) is 0 Å². The Bertz CT molecular complexity index is 173. The van der Waals surface area contributed by atoms with Crippen molar-refractivity contribution in [3.8, 4) is 0 Å². The summed E-state index contributed by atoms with van der Waals surface area (Å²) < 4.78 is 10.4. The summed E-state index contributed by atoms with van der Waals surface area (Å²) in [5, 5.41) is 0. The molecule has 3 heteroatoms. The zero-order chi connectivity index (χ0) is 10.4. The van der Waals surface area contributed by atoms with Crippen molar-refractivity contribution in [3.63, 3.8) is 0 Å². The maximum Gasteiger partial charge on any atom is 0.310 e. The van der Waals surface area contributed by atoms with E-state index in [0.717, 1.165) is 19.3 Å². The van der Waals surface area contributed by atoms with E-state index in [1.54, 1.807) is 0 Å². The molecule has 82 valence electrons. The third kappa shape index (κ3) is 3.66. The first-order valence-corrected chi connectivity index (χ1v) is 5.52. The van der Waals surface area contributed by atoms with Crippen LogP contribution in [0.5, 0.6) is 0 Å². The molecule has 1 fully saturated rings. The highest BCUT2D eigenvalue weighted by atomic mass is 16.7.